The predicted molar refractivity (Wildman–Crippen MR) is 78.3 cm³/mol. The molecule has 2 N–H and O–H groups in total. The van der Waals surface area contributed by atoms with Gasteiger partial charge in [-0.15, -0.1) is 0 Å². The zero-order chi connectivity index (χ0) is 14.5. The van der Waals surface area contributed by atoms with Crippen molar-refractivity contribution in [1.29, 1.82) is 0 Å². The Balaban J connectivity index is 1.98. The molecule has 0 aliphatic carbocycles. The van der Waals surface area contributed by atoms with E-state index in [2.05, 4.69) is 26.8 Å². The van der Waals surface area contributed by atoms with Crippen molar-refractivity contribution in [2.24, 2.45) is 0 Å². The maximum Gasteiger partial charge on any atom is 0.269 e. The molecule has 1 amide bonds. The summed E-state index contributed by atoms with van der Waals surface area (Å²) in [6.07, 6.45) is 0. The van der Waals surface area contributed by atoms with E-state index >= 15 is 0 Å². The number of non-ortho nitro benzene ring substituents is 1. The summed E-state index contributed by atoms with van der Waals surface area (Å²) in [5.74, 6) is -0.301. The van der Waals surface area contributed by atoms with Gasteiger partial charge in [-0.3, -0.25) is 25.8 Å². The van der Waals surface area contributed by atoms with Crippen LogP contribution in [0, 0.1) is 10.1 Å². The van der Waals surface area contributed by atoms with Crippen molar-refractivity contribution in [3.8, 4) is 0 Å². The van der Waals surface area contributed by atoms with Crippen molar-refractivity contribution in [3.05, 3.63) is 68.7 Å². The van der Waals surface area contributed by atoms with Crippen LogP contribution in [0.15, 0.2) is 53.0 Å². The molecule has 0 fully saturated rings. The molecule has 6 nitrogen and oxygen atoms in total. The molecule has 0 unspecified atom stereocenters. The van der Waals surface area contributed by atoms with Crippen molar-refractivity contribution in [2.75, 3.05) is 5.43 Å². The standard InChI is InChI=1S/C13H10BrN3O3/c14-10-3-1-2-9(8-10)13(18)16-15-11-4-6-12(7-5-11)17(19)20/h1-8,15H,(H,16,18). The van der Waals surface area contributed by atoms with Gasteiger partial charge in [-0.25, -0.2) is 0 Å². The first-order valence-electron chi connectivity index (χ1n) is 5.62. The quantitative estimate of drug-likeness (QED) is 0.664. The first-order valence-corrected chi connectivity index (χ1v) is 6.42. The van der Waals surface area contributed by atoms with Crippen LogP contribution in [0.3, 0.4) is 0 Å². The van der Waals surface area contributed by atoms with E-state index < -0.39 is 4.92 Å². The summed E-state index contributed by atoms with van der Waals surface area (Å²) < 4.78 is 0.806. The molecule has 0 radical (unpaired) electrons. The average molecular weight is 336 g/mol. The Bertz CT molecular complexity index is 644. The number of benzene rings is 2. The smallest absolute Gasteiger partial charge is 0.269 e. The summed E-state index contributed by atoms with van der Waals surface area (Å²) in [5, 5.41) is 10.5. The lowest BCUT2D eigenvalue weighted by molar-refractivity contribution is -0.384. The molecular formula is C13H10BrN3O3. The van der Waals surface area contributed by atoms with Gasteiger partial charge in [-0.05, 0) is 30.3 Å². The minimum atomic E-state index is -0.482. The number of nitro benzene ring substituents is 1. The summed E-state index contributed by atoms with van der Waals surface area (Å²) in [4.78, 5) is 21.9. The van der Waals surface area contributed by atoms with Crippen molar-refractivity contribution < 1.29 is 9.72 Å². The molecule has 0 saturated heterocycles. The van der Waals surface area contributed by atoms with Crippen LogP contribution >= 0.6 is 15.9 Å². The summed E-state index contributed by atoms with van der Waals surface area (Å²) >= 11 is 3.28. The van der Waals surface area contributed by atoms with Gasteiger partial charge in [0.05, 0.1) is 10.6 Å². The number of nitrogens with zero attached hydrogens (tertiary/aromatic N) is 1. The molecule has 2 rings (SSSR count). The van der Waals surface area contributed by atoms with E-state index in [-0.39, 0.29) is 11.6 Å². The minimum Gasteiger partial charge on any atom is -0.298 e. The number of rotatable bonds is 4. The van der Waals surface area contributed by atoms with Crippen molar-refractivity contribution in [2.45, 2.75) is 0 Å². The van der Waals surface area contributed by atoms with Crippen molar-refractivity contribution in [3.63, 3.8) is 0 Å². The Hall–Kier alpha value is -2.41. The molecule has 2 aromatic carbocycles. The third-order valence-electron chi connectivity index (χ3n) is 2.49. The zero-order valence-corrected chi connectivity index (χ0v) is 11.8. The van der Waals surface area contributed by atoms with Gasteiger partial charge in [0.25, 0.3) is 11.6 Å². The molecule has 2 aromatic rings. The van der Waals surface area contributed by atoms with Crippen LogP contribution in [0.2, 0.25) is 0 Å². The molecule has 20 heavy (non-hydrogen) atoms. The van der Waals surface area contributed by atoms with E-state index in [1.54, 1.807) is 18.2 Å². The first kappa shape index (κ1) is 14.0. The third kappa shape index (κ3) is 3.55. The second-order valence-electron chi connectivity index (χ2n) is 3.89. The lowest BCUT2D eigenvalue weighted by Gasteiger charge is -2.08. The van der Waals surface area contributed by atoms with Gasteiger partial charge in [0.2, 0.25) is 0 Å². The highest BCUT2D eigenvalue weighted by Gasteiger charge is 2.06. The molecule has 0 heterocycles. The van der Waals surface area contributed by atoms with Crippen LogP contribution in [-0.2, 0) is 0 Å². The van der Waals surface area contributed by atoms with Gasteiger partial charge in [-0.1, -0.05) is 22.0 Å². The van der Waals surface area contributed by atoms with E-state index in [9.17, 15) is 14.9 Å². The molecule has 0 aliphatic heterocycles. The van der Waals surface area contributed by atoms with Crippen LogP contribution in [0.4, 0.5) is 11.4 Å². The molecule has 7 heteroatoms. The lowest BCUT2D eigenvalue weighted by atomic mass is 10.2. The number of anilines is 1. The average Bonchev–Trinajstić information content (AvgIpc) is 2.45. The van der Waals surface area contributed by atoms with Crippen LogP contribution in [0.25, 0.3) is 0 Å². The normalized spacial score (nSPS) is 9.85. The fourth-order valence-corrected chi connectivity index (χ4v) is 1.90. The molecule has 0 aliphatic rings. The molecule has 0 bridgehead atoms. The second-order valence-corrected chi connectivity index (χ2v) is 4.81. The third-order valence-corrected chi connectivity index (χ3v) is 2.98. The number of carbonyl (C=O) groups excluding carboxylic acids is 1. The highest BCUT2D eigenvalue weighted by molar-refractivity contribution is 9.10. The Kier molecular flexibility index (Phi) is 4.31. The second kappa shape index (κ2) is 6.16. The number of carbonyl (C=O) groups is 1. The van der Waals surface area contributed by atoms with Crippen LogP contribution in [-0.4, -0.2) is 10.8 Å². The predicted octanol–water partition coefficient (Wildman–Crippen LogP) is 3.11. The summed E-state index contributed by atoms with van der Waals surface area (Å²) in [5.41, 5.74) is 6.25. The molecular weight excluding hydrogens is 326 g/mol. The van der Waals surface area contributed by atoms with Gasteiger partial charge in [-0.2, -0.15) is 0 Å². The van der Waals surface area contributed by atoms with Crippen LogP contribution < -0.4 is 10.9 Å². The number of hydrogen-bond donors (Lipinski definition) is 2. The number of amides is 1. The van der Waals surface area contributed by atoms with E-state index in [0.717, 1.165) is 4.47 Å². The first-order chi connectivity index (χ1) is 9.56. The Morgan fingerprint density at radius 1 is 1.15 bits per heavy atom. The summed E-state index contributed by atoms with van der Waals surface area (Å²) in [6, 6.07) is 12.7. The fraction of sp³-hybridized carbons (Fsp3) is 0. The molecule has 102 valence electrons. The van der Waals surface area contributed by atoms with E-state index in [1.165, 1.54) is 24.3 Å². The SMILES string of the molecule is O=C(NNc1ccc([N+](=O)[O-])cc1)c1cccc(Br)c1. The highest BCUT2D eigenvalue weighted by Crippen LogP contribution is 2.15. The molecule has 0 saturated carbocycles. The van der Waals surface area contributed by atoms with Crippen molar-refractivity contribution in [1.82, 2.24) is 5.43 Å². The lowest BCUT2D eigenvalue weighted by Crippen LogP contribution is -2.29. The Morgan fingerprint density at radius 3 is 2.45 bits per heavy atom. The van der Waals surface area contributed by atoms with Gasteiger partial charge < -0.3 is 0 Å². The van der Waals surface area contributed by atoms with E-state index in [0.29, 0.717) is 11.3 Å². The van der Waals surface area contributed by atoms with Gasteiger partial charge in [0.15, 0.2) is 0 Å². The Labute approximate surface area is 123 Å². The van der Waals surface area contributed by atoms with E-state index in [4.69, 9.17) is 0 Å². The van der Waals surface area contributed by atoms with Crippen LogP contribution in [0.5, 0.6) is 0 Å². The van der Waals surface area contributed by atoms with Gasteiger partial charge in [0, 0.05) is 22.2 Å². The number of hydrogen-bond acceptors (Lipinski definition) is 4. The molecule has 0 atom stereocenters. The monoisotopic (exact) mass is 335 g/mol. The fourth-order valence-electron chi connectivity index (χ4n) is 1.50. The number of halogens is 1. The largest absolute Gasteiger partial charge is 0.298 e. The highest BCUT2D eigenvalue weighted by atomic mass is 79.9. The minimum absolute atomic E-state index is 0.00568. The summed E-state index contributed by atoms with van der Waals surface area (Å²) in [7, 11) is 0. The number of hydrazine groups is 1. The Morgan fingerprint density at radius 2 is 1.85 bits per heavy atom. The summed E-state index contributed by atoms with van der Waals surface area (Å²) in [6.45, 7) is 0. The zero-order valence-electron chi connectivity index (χ0n) is 10.2. The van der Waals surface area contributed by atoms with E-state index in [1.807, 2.05) is 6.07 Å². The molecule has 0 aromatic heterocycles. The molecule has 0 spiro atoms. The number of nitrogens with one attached hydrogen (secondary N) is 2. The maximum absolute atomic E-state index is 11.8. The van der Waals surface area contributed by atoms with Gasteiger partial charge in [0.1, 0.15) is 0 Å². The van der Waals surface area contributed by atoms with Crippen molar-refractivity contribution >= 4 is 33.2 Å². The maximum atomic E-state index is 11.8. The topological polar surface area (TPSA) is 84.3 Å². The van der Waals surface area contributed by atoms with Gasteiger partial charge >= 0.3 is 0 Å². The van der Waals surface area contributed by atoms with Crippen LogP contribution in [0.1, 0.15) is 10.4 Å². The number of nitro groups is 1.